The maximum atomic E-state index is 11.1. The number of fused-ring (bicyclic) bond motifs is 1. The van der Waals surface area contributed by atoms with E-state index in [0.29, 0.717) is 12.4 Å². The Morgan fingerprint density at radius 2 is 1.76 bits per heavy atom. The van der Waals surface area contributed by atoms with Crippen LogP contribution in [0.2, 0.25) is 0 Å². The Labute approximate surface area is 196 Å². The molecule has 1 aromatic heterocycles. The Hall–Kier alpha value is -3.08. The van der Waals surface area contributed by atoms with Crippen LogP contribution in [0.4, 0.5) is 0 Å². The molecule has 0 saturated heterocycles. The molecule has 0 saturated carbocycles. The van der Waals surface area contributed by atoms with Gasteiger partial charge in [0, 0.05) is 24.9 Å². The molecule has 4 rings (SSSR count). The van der Waals surface area contributed by atoms with Crippen LogP contribution in [-0.4, -0.2) is 27.5 Å². The second-order valence-corrected chi connectivity index (χ2v) is 10.5. The molecule has 0 spiro atoms. The second kappa shape index (κ2) is 9.05. The minimum atomic E-state index is -0.932. The smallest absolute Gasteiger partial charge is 0.335 e. The summed E-state index contributed by atoms with van der Waals surface area (Å²) in [6.07, 6.45) is 7.07. The van der Waals surface area contributed by atoms with E-state index in [1.807, 2.05) is 16.9 Å². The van der Waals surface area contributed by atoms with Gasteiger partial charge >= 0.3 is 5.97 Å². The summed E-state index contributed by atoms with van der Waals surface area (Å²) in [5.74, 6) is -0.0544. The molecule has 0 amide bonds. The average molecular weight is 447 g/mol. The van der Waals surface area contributed by atoms with Gasteiger partial charge in [0.05, 0.1) is 12.2 Å². The van der Waals surface area contributed by atoms with E-state index in [1.54, 1.807) is 30.5 Å². The molecule has 1 heterocycles. The van der Waals surface area contributed by atoms with Gasteiger partial charge in [-0.15, -0.1) is 0 Å². The predicted octanol–water partition coefficient (Wildman–Crippen LogP) is 6.18. The molecule has 1 aliphatic carbocycles. The van der Waals surface area contributed by atoms with Gasteiger partial charge in [0.1, 0.15) is 5.75 Å². The summed E-state index contributed by atoms with van der Waals surface area (Å²) in [7, 11) is 0. The fourth-order valence-electron chi connectivity index (χ4n) is 4.82. The minimum absolute atomic E-state index is 0.154. The lowest BCUT2D eigenvalue weighted by molar-refractivity contribution is 0.0697. The van der Waals surface area contributed by atoms with Gasteiger partial charge in [0.15, 0.2) is 0 Å². The highest BCUT2D eigenvalue weighted by Gasteiger charge is 2.37. The first-order chi connectivity index (χ1) is 15.7. The van der Waals surface area contributed by atoms with E-state index in [2.05, 4.69) is 51.0 Å². The van der Waals surface area contributed by atoms with Crippen LogP contribution >= 0.6 is 0 Å². The number of aryl methyl sites for hydroxylation is 1. The van der Waals surface area contributed by atoms with E-state index in [-0.39, 0.29) is 22.3 Å². The molecule has 0 radical (unpaired) electrons. The van der Waals surface area contributed by atoms with Crippen LogP contribution in [0, 0.1) is 0 Å². The number of nitrogens with zero attached hydrogens (tertiary/aromatic N) is 2. The van der Waals surface area contributed by atoms with Gasteiger partial charge in [-0.1, -0.05) is 45.9 Å². The van der Waals surface area contributed by atoms with Crippen molar-refractivity contribution >= 4 is 5.97 Å². The molecular formula is C28H34N2O3. The molecule has 0 fully saturated rings. The van der Waals surface area contributed by atoms with Gasteiger partial charge in [0.25, 0.3) is 0 Å². The summed E-state index contributed by atoms with van der Waals surface area (Å²) in [5.41, 5.74) is 4.80. The van der Waals surface area contributed by atoms with E-state index < -0.39 is 5.97 Å². The molecule has 33 heavy (non-hydrogen) atoms. The fraction of sp³-hybridized carbons (Fsp3) is 0.429. The lowest BCUT2D eigenvalue weighted by Crippen LogP contribution is -2.34. The van der Waals surface area contributed by atoms with Crippen LogP contribution < -0.4 is 4.74 Å². The standard InChI is InChI=1S/C28H34N2O3/c1-27(2)13-14-28(3,4)25-18-21(8-11-24(25)27)22(12-17-30-16-5-15-29-30)19-33-23-9-6-20(7-10-23)26(31)32/h5-11,15-16,18,22H,12-14,17,19H2,1-4H3,(H,31,32). The number of carbonyl (C=O) groups is 1. The third kappa shape index (κ3) is 5.13. The summed E-state index contributed by atoms with van der Waals surface area (Å²) >= 11 is 0. The fourth-order valence-corrected chi connectivity index (χ4v) is 4.82. The summed E-state index contributed by atoms with van der Waals surface area (Å²) in [4.78, 5) is 11.1. The van der Waals surface area contributed by atoms with Crippen molar-refractivity contribution in [1.82, 2.24) is 9.78 Å². The molecule has 0 aliphatic heterocycles. The second-order valence-electron chi connectivity index (χ2n) is 10.5. The van der Waals surface area contributed by atoms with Crippen molar-refractivity contribution in [2.24, 2.45) is 0 Å². The lowest BCUT2D eigenvalue weighted by Gasteiger charge is -2.42. The minimum Gasteiger partial charge on any atom is -0.493 e. The zero-order chi connectivity index (χ0) is 23.6. The predicted molar refractivity (Wildman–Crippen MR) is 130 cm³/mol. The SMILES string of the molecule is CC1(C)CCC(C)(C)c2cc(C(CCn3cccn3)COc3ccc(C(=O)O)cc3)ccc21. The van der Waals surface area contributed by atoms with Gasteiger partial charge in [-0.25, -0.2) is 4.79 Å². The Kier molecular flexibility index (Phi) is 6.33. The van der Waals surface area contributed by atoms with Crippen molar-refractivity contribution in [2.75, 3.05) is 6.61 Å². The Morgan fingerprint density at radius 3 is 2.39 bits per heavy atom. The number of hydrogen-bond donors (Lipinski definition) is 1. The van der Waals surface area contributed by atoms with E-state index in [0.717, 1.165) is 13.0 Å². The van der Waals surface area contributed by atoms with E-state index in [1.165, 1.54) is 29.5 Å². The van der Waals surface area contributed by atoms with Gasteiger partial charge in [-0.2, -0.15) is 5.10 Å². The number of carboxylic acid groups (broad SMARTS) is 1. The summed E-state index contributed by atoms with van der Waals surface area (Å²) in [6, 6.07) is 15.6. The third-order valence-corrected chi connectivity index (χ3v) is 7.17. The first kappa shape index (κ1) is 23.1. The van der Waals surface area contributed by atoms with Crippen molar-refractivity contribution in [3.63, 3.8) is 0 Å². The molecule has 0 bridgehead atoms. The maximum absolute atomic E-state index is 11.1. The summed E-state index contributed by atoms with van der Waals surface area (Å²) in [5, 5.41) is 13.5. The first-order valence-electron chi connectivity index (χ1n) is 11.7. The molecule has 5 nitrogen and oxygen atoms in total. The molecular weight excluding hydrogens is 412 g/mol. The normalized spacial score (nSPS) is 17.2. The maximum Gasteiger partial charge on any atom is 0.335 e. The Balaban J connectivity index is 1.59. The number of hydrogen-bond acceptors (Lipinski definition) is 3. The van der Waals surface area contributed by atoms with Crippen molar-refractivity contribution in [3.05, 3.63) is 83.2 Å². The summed E-state index contributed by atoms with van der Waals surface area (Å²) in [6.45, 7) is 10.7. The van der Waals surface area contributed by atoms with Crippen LogP contribution in [0.3, 0.4) is 0 Å². The van der Waals surface area contributed by atoms with Crippen LogP contribution in [0.5, 0.6) is 5.75 Å². The highest BCUT2D eigenvalue weighted by molar-refractivity contribution is 5.87. The number of aromatic carboxylic acids is 1. The van der Waals surface area contributed by atoms with Gasteiger partial charge in [0.2, 0.25) is 0 Å². The Bertz CT molecular complexity index is 1100. The van der Waals surface area contributed by atoms with Crippen molar-refractivity contribution in [3.8, 4) is 5.75 Å². The summed E-state index contributed by atoms with van der Waals surface area (Å²) < 4.78 is 8.10. The van der Waals surface area contributed by atoms with Crippen molar-refractivity contribution in [1.29, 1.82) is 0 Å². The third-order valence-electron chi connectivity index (χ3n) is 7.17. The van der Waals surface area contributed by atoms with E-state index in [9.17, 15) is 4.79 Å². The van der Waals surface area contributed by atoms with Gasteiger partial charge in [-0.05, 0) is 77.1 Å². The average Bonchev–Trinajstić information content (AvgIpc) is 3.31. The van der Waals surface area contributed by atoms with Crippen molar-refractivity contribution < 1.29 is 14.6 Å². The zero-order valence-electron chi connectivity index (χ0n) is 20.0. The number of benzene rings is 2. The quantitative estimate of drug-likeness (QED) is 0.448. The molecule has 1 unspecified atom stereocenters. The molecule has 1 aliphatic rings. The van der Waals surface area contributed by atoms with Gasteiger partial charge < -0.3 is 9.84 Å². The first-order valence-corrected chi connectivity index (χ1v) is 11.7. The van der Waals surface area contributed by atoms with Crippen LogP contribution in [-0.2, 0) is 17.4 Å². The van der Waals surface area contributed by atoms with Crippen molar-refractivity contribution in [2.45, 2.75) is 70.3 Å². The number of aromatic nitrogens is 2. The zero-order valence-corrected chi connectivity index (χ0v) is 20.0. The van der Waals surface area contributed by atoms with Gasteiger partial charge in [-0.3, -0.25) is 4.68 Å². The molecule has 3 aromatic rings. The highest BCUT2D eigenvalue weighted by atomic mass is 16.5. The Morgan fingerprint density at radius 1 is 1.06 bits per heavy atom. The number of ether oxygens (including phenoxy) is 1. The largest absolute Gasteiger partial charge is 0.493 e. The van der Waals surface area contributed by atoms with E-state index >= 15 is 0 Å². The molecule has 174 valence electrons. The lowest BCUT2D eigenvalue weighted by atomic mass is 9.62. The molecule has 5 heteroatoms. The number of carboxylic acids is 1. The molecule has 1 N–H and O–H groups in total. The van der Waals surface area contributed by atoms with Crippen LogP contribution in [0.25, 0.3) is 0 Å². The molecule has 1 atom stereocenters. The molecule has 2 aromatic carbocycles. The van der Waals surface area contributed by atoms with E-state index in [4.69, 9.17) is 9.84 Å². The monoisotopic (exact) mass is 446 g/mol. The topological polar surface area (TPSA) is 64.4 Å². The van der Waals surface area contributed by atoms with Crippen LogP contribution in [0.1, 0.15) is 79.9 Å². The van der Waals surface area contributed by atoms with Crippen LogP contribution in [0.15, 0.2) is 60.9 Å². The highest BCUT2D eigenvalue weighted by Crippen LogP contribution is 2.46. The number of rotatable bonds is 8.